The van der Waals surface area contributed by atoms with Crippen molar-refractivity contribution in [2.45, 2.75) is 71.6 Å². The molecule has 0 radical (unpaired) electrons. The fraction of sp³-hybridized carbons (Fsp3) is 0.765. The van der Waals surface area contributed by atoms with Crippen LogP contribution in [0.25, 0.3) is 0 Å². The maximum Gasteiger partial charge on any atom is 0.144 e. The highest BCUT2D eigenvalue weighted by molar-refractivity contribution is 9.10. The first-order chi connectivity index (χ1) is 9.82. The van der Waals surface area contributed by atoms with Gasteiger partial charge in [-0.05, 0) is 41.6 Å². The summed E-state index contributed by atoms with van der Waals surface area (Å²) in [5.41, 5.74) is 1.13. The number of hydrogen-bond acceptors (Lipinski definition) is 3. The van der Waals surface area contributed by atoms with Gasteiger partial charge in [-0.15, -0.1) is 0 Å². The lowest BCUT2D eigenvalue weighted by Crippen LogP contribution is -2.21. The molecule has 1 aliphatic carbocycles. The van der Waals surface area contributed by atoms with Crippen molar-refractivity contribution >= 4 is 21.7 Å². The molecule has 1 fully saturated rings. The van der Waals surface area contributed by atoms with Gasteiger partial charge in [0.05, 0.1) is 10.2 Å². The van der Waals surface area contributed by atoms with Gasteiger partial charge in [0.25, 0.3) is 0 Å². The quantitative estimate of drug-likeness (QED) is 0.804. The number of hydrogen-bond donors (Lipinski definition) is 1. The largest absolute Gasteiger partial charge is 0.369 e. The standard InChI is InChI=1S/C17H28BrN3/c1-6-19-16-13(18)14(17(3,4)5)20-15(21-16)12-9-7-8-11(2)10-12/h11-12H,6-10H2,1-5H3,(H,19,20,21). The average Bonchev–Trinajstić information content (AvgIpc) is 2.40. The number of halogens is 1. The Balaban J connectivity index is 2.43. The summed E-state index contributed by atoms with van der Waals surface area (Å²) in [6, 6.07) is 0. The van der Waals surface area contributed by atoms with Gasteiger partial charge in [0.15, 0.2) is 0 Å². The van der Waals surface area contributed by atoms with E-state index < -0.39 is 0 Å². The van der Waals surface area contributed by atoms with Crippen LogP contribution in [0.5, 0.6) is 0 Å². The molecule has 1 aromatic heterocycles. The van der Waals surface area contributed by atoms with Gasteiger partial charge in [0, 0.05) is 17.9 Å². The topological polar surface area (TPSA) is 37.8 Å². The van der Waals surface area contributed by atoms with Gasteiger partial charge in [-0.2, -0.15) is 0 Å². The summed E-state index contributed by atoms with van der Waals surface area (Å²) in [5.74, 6) is 3.29. The molecule has 2 rings (SSSR count). The zero-order valence-corrected chi connectivity index (χ0v) is 15.5. The van der Waals surface area contributed by atoms with Crippen LogP contribution in [-0.2, 0) is 5.41 Å². The van der Waals surface area contributed by atoms with E-state index in [9.17, 15) is 0 Å². The number of aromatic nitrogens is 2. The summed E-state index contributed by atoms with van der Waals surface area (Å²) in [7, 11) is 0. The molecule has 1 heterocycles. The van der Waals surface area contributed by atoms with E-state index >= 15 is 0 Å². The lowest BCUT2D eigenvalue weighted by atomic mass is 9.81. The molecule has 118 valence electrons. The number of anilines is 1. The summed E-state index contributed by atoms with van der Waals surface area (Å²) < 4.78 is 1.02. The smallest absolute Gasteiger partial charge is 0.144 e. The molecule has 0 aliphatic heterocycles. The van der Waals surface area contributed by atoms with Crippen molar-refractivity contribution in [2.24, 2.45) is 5.92 Å². The van der Waals surface area contributed by atoms with Crippen LogP contribution in [0.4, 0.5) is 5.82 Å². The molecular formula is C17H28BrN3. The second-order valence-corrected chi connectivity index (χ2v) is 8.14. The second-order valence-electron chi connectivity index (χ2n) is 7.34. The van der Waals surface area contributed by atoms with Crippen LogP contribution < -0.4 is 5.32 Å². The maximum atomic E-state index is 4.95. The Morgan fingerprint density at radius 2 is 1.95 bits per heavy atom. The van der Waals surface area contributed by atoms with Crippen molar-refractivity contribution in [2.75, 3.05) is 11.9 Å². The predicted molar refractivity (Wildman–Crippen MR) is 93.0 cm³/mol. The van der Waals surface area contributed by atoms with Crippen molar-refractivity contribution in [1.29, 1.82) is 0 Å². The summed E-state index contributed by atoms with van der Waals surface area (Å²) >= 11 is 3.70. The molecule has 0 saturated heterocycles. The summed E-state index contributed by atoms with van der Waals surface area (Å²) in [6.45, 7) is 12.0. The molecule has 0 bridgehead atoms. The van der Waals surface area contributed by atoms with E-state index in [0.717, 1.165) is 34.3 Å². The van der Waals surface area contributed by atoms with Gasteiger partial charge in [0.1, 0.15) is 11.6 Å². The second kappa shape index (κ2) is 6.64. The van der Waals surface area contributed by atoms with E-state index in [1.807, 2.05) is 0 Å². The number of rotatable bonds is 3. The molecule has 1 N–H and O–H groups in total. The molecule has 0 spiro atoms. The SMILES string of the molecule is CCNc1nc(C2CCCC(C)C2)nc(C(C)(C)C)c1Br. The third-order valence-corrected chi connectivity index (χ3v) is 4.98. The molecule has 3 nitrogen and oxygen atoms in total. The number of nitrogens with one attached hydrogen (secondary N) is 1. The first-order valence-electron chi connectivity index (χ1n) is 8.14. The normalized spacial score (nSPS) is 23.1. The van der Waals surface area contributed by atoms with E-state index in [1.54, 1.807) is 0 Å². The first-order valence-corrected chi connectivity index (χ1v) is 8.94. The van der Waals surface area contributed by atoms with E-state index in [4.69, 9.17) is 9.97 Å². The van der Waals surface area contributed by atoms with Crippen LogP contribution >= 0.6 is 15.9 Å². The fourth-order valence-corrected chi connectivity index (χ4v) is 4.01. The Bertz CT molecular complexity index is 494. The highest BCUT2D eigenvalue weighted by atomic mass is 79.9. The van der Waals surface area contributed by atoms with Crippen LogP contribution in [0.15, 0.2) is 4.47 Å². The number of nitrogens with zero attached hydrogens (tertiary/aromatic N) is 2. The predicted octanol–water partition coefficient (Wildman–Crippen LogP) is 5.26. The fourth-order valence-electron chi connectivity index (χ4n) is 3.10. The van der Waals surface area contributed by atoms with E-state index in [1.165, 1.54) is 25.7 Å². The van der Waals surface area contributed by atoms with Crippen molar-refractivity contribution in [3.05, 3.63) is 16.0 Å². The third-order valence-electron chi connectivity index (χ3n) is 4.22. The van der Waals surface area contributed by atoms with E-state index in [0.29, 0.717) is 5.92 Å². The van der Waals surface area contributed by atoms with Crippen molar-refractivity contribution in [1.82, 2.24) is 9.97 Å². The Morgan fingerprint density at radius 3 is 2.52 bits per heavy atom. The zero-order chi connectivity index (χ0) is 15.6. The molecule has 1 saturated carbocycles. The molecule has 2 atom stereocenters. The molecule has 1 aromatic rings. The van der Waals surface area contributed by atoms with Gasteiger partial charge in [-0.3, -0.25) is 0 Å². The van der Waals surface area contributed by atoms with Gasteiger partial charge < -0.3 is 5.32 Å². The van der Waals surface area contributed by atoms with Gasteiger partial charge in [0.2, 0.25) is 0 Å². The highest BCUT2D eigenvalue weighted by Crippen LogP contribution is 2.38. The average molecular weight is 354 g/mol. The van der Waals surface area contributed by atoms with Crippen LogP contribution in [0.3, 0.4) is 0 Å². The van der Waals surface area contributed by atoms with Crippen LogP contribution in [0.1, 0.15) is 77.7 Å². The van der Waals surface area contributed by atoms with E-state index in [-0.39, 0.29) is 5.41 Å². The molecule has 0 aromatic carbocycles. The minimum absolute atomic E-state index is 0.0149. The summed E-state index contributed by atoms with van der Waals surface area (Å²) in [5, 5.41) is 3.38. The molecule has 4 heteroatoms. The highest BCUT2D eigenvalue weighted by Gasteiger charge is 2.28. The first kappa shape index (κ1) is 16.7. The van der Waals surface area contributed by atoms with Crippen molar-refractivity contribution in [3.8, 4) is 0 Å². The Hall–Kier alpha value is -0.640. The Labute approximate surface area is 137 Å². The zero-order valence-electron chi connectivity index (χ0n) is 14.0. The van der Waals surface area contributed by atoms with Gasteiger partial charge in [-0.25, -0.2) is 9.97 Å². The van der Waals surface area contributed by atoms with Crippen LogP contribution in [0.2, 0.25) is 0 Å². The lowest BCUT2D eigenvalue weighted by molar-refractivity contribution is 0.334. The molecule has 0 amide bonds. The third kappa shape index (κ3) is 3.97. The van der Waals surface area contributed by atoms with E-state index in [2.05, 4.69) is 55.9 Å². The van der Waals surface area contributed by atoms with Gasteiger partial charge in [-0.1, -0.05) is 40.5 Å². The molecule has 21 heavy (non-hydrogen) atoms. The monoisotopic (exact) mass is 353 g/mol. The Kier molecular flexibility index (Phi) is 5.29. The van der Waals surface area contributed by atoms with Gasteiger partial charge >= 0.3 is 0 Å². The van der Waals surface area contributed by atoms with Crippen molar-refractivity contribution in [3.63, 3.8) is 0 Å². The summed E-state index contributed by atoms with van der Waals surface area (Å²) in [4.78, 5) is 9.77. The van der Waals surface area contributed by atoms with Crippen molar-refractivity contribution < 1.29 is 0 Å². The Morgan fingerprint density at radius 1 is 1.24 bits per heavy atom. The summed E-state index contributed by atoms with van der Waals surface area (Å²) in [6.07, 6.45) is 5.09. The minimum atomic E-state index is 0.0149. The lowest BCUT2D eigenvalue weighted by Gasteiger charge is -2.28. The van der Waals surface area contributed by atoms with Crippen LogP contribution in [-0.4, -0.2) is 16.5 Å². The minimum Gasteiger partial charge on any atom is -0.369 e. The molecular weight excluding hydrogens is 326 g/mol. The van der Waals surface area contributed by atoms with Crippen LogP contribution in [0, 0.1) is 5.92 Å². The molecule has 1 aliphatic rings. The maximum absolute atomic E-state index is 4.95. The molecule has 2 unspecified atom stereocenters.